The van der Waals surface area contributed by atoms with Crippen molar-refractivity contribution in [3.05, 3.63) is 94.2 Å². The summed E-state index contributed by atoms with van der Waals surface area (Å²) < 4.78 is 19.3. The highest BCUT2D eigenvalue weighted by Crippen LogP contribution is 2.34. The van der Waals surface area contributed by atoms with Crippen LogP contribution >= 0.6 is 22.6 Å². The molecular formula is C28H25FIN5O4. The Balaban J connectivity index is 1.66. The largest absolute Gasteiger partial charge is 0.349 e. The van der Waals surface area contributed by atoms with Gasteiger partial charge in [0, 0.05) is 33.8 Å². The van der Waals surface area contributed by atoms with Gasteiger partial charge in [-0.05, 0) is 91.6 Å². The zero-order valence-corrected chi connectivity index (χ0v) is 23.4. The van der Waals surface area contributed by atoms with Gasteiger partial charge in [-0.1, -0.05) is 6.07 Å². The van der Waals surface area contributed by atoms with Crippen LogP contribution in [0.25, 0.3) is 16.6 Å². The monoisotopic (exact) mass is 641 g/mol. The SMILES string of the molecule is Cc1c(=O)n(C)c(Nc2ccc(I)cc2F)c2c(=O)n(C3CC3)c(=O)n(-c3cccc(C(=O)NC4CC4)c3)c12. The molecule has 0 unspecified atom stereocenters. The average Bonchev–Trinajstić information content (AvgIpc) is 3.83. The number of hydrogen-bond acceptors (Lipinski definition) is 5. The molecule has 4 aromatic rings. The first-order valence-electron chi connectivity index (χ1n) is 12.7. The van der Waals surface area contributed by atoms with Crippen molar-refractivity contribution in [1.29, 1.82) is 0 Å². The summed E-state index contributed by atoms with van der Waals surface area (Å²) >= 11 is 2.00. The van der Waals surface area contributed by atoms with E-state index in [0.717, 1.165) is 12.8 Å². The fourth-order valence-electron chi connectivity index (χ4n) is 4.86. The number of hydrogen-bond donors (Lipinski definition) is 2. The van der Waals surface area contributed by atoms with Crippen molar-refractivity contribution in [3.8, 4) is 5.69 Å². The van der Waals surface area contributed by atoms with Crippen LogP contribution in [0, 0.1) is 16.3 Å². The van der Waals surface area contributed by atoms with Crippen molar-refractivity contribution in [2.75, 3.05) is 5.32 Å². The van der Waals surface area contributed by atoms with Gasteiger partial charge in [-0.2, -0.15) is 0 Å². The number of carbonyl (C=O) groups excluding carboxylic acids is 1. The zero-order chi connectivity index (χ0) is 27.6. The maximum absolute atomic E-state index is 14.9. The minimum atomic E-state index is -0.586. The van der Waals surface area contributed by atoms with Crippen molar-refractivity contribution < 1.29 is 9.18 Å². The third-order valence-corrected chi connectivity index (χ3v) is 7.89. The molecule has 2 N–H and O–H groups in total. The number of benzene rings is 2. The van der Waals surface area contributed by atoms with Gasteiger partial charge >= 0.3 is 5.69 Å². The number of halogens is 2. The van der Waals surface area contributed by atoms with Crippen LogP contribution in [0.1, 0.15) is 47.6 Å². The van der Waals surface area contributed by atoms with E-state index in [4.69, 9.17) is 0 Å². The summed E-state index contributed by atoms with van der Waals surface area (Å²) in [5.74, 6) is -0.721. The van der Waals surface area contributed by atoms with E-state index >= 15 is 0 Å². The molecule has 0 saturated heterocycles. The highest BCUT2D eigenvalue weighted by Gasteiger charge is 2.32. The fourth-order valence-corrected chi connectivity index (χ4v) is 5.31. The number of aromatic nitrogens is 3. The molecule has 0 atom stereocenters. The number of amides is 1. The van der Waals surface area contributed by atoms with Gasteiger partial charge in [-0.15, -0.1) is 0 Å². The minimum absolute atomic E-state index is 0.0801. The molecule has 39 heavy (non-hydrogen) atoms. The van der Waals surface area contributed by atoms with Crippen LogP contribution in [0.5, 0.6) is 0 Å². The van der Waals surface area contributed by atoms with E-state index in [2.05, 4.69) is 10.6 Å². The molecule has 9 nitrogen and oxygen atoms in total. The van der Waals surface area contributed by atoms with E-state index in [1.54, 1.807) is 37.3 Å². The van der Waals surface area contributed by atoms with Crippen LogP contribution in [-0.2, 0) is 7.05 Å². The van der Waals surface area contributed by atoms with E-state index in [9.17, 15) is 23.6 Å². The van der Waals surface area contributed by atoms with Crippen molar-refractivity contribution in [2.45, 2.75) is 44.7 Å². The molecule has 2 aromatic carbocycles. The number of nitrogens with zero attached hydrogens (tertiary/aromatic N) is 3. The summed E-state index contributed by atoms with van der Waals surface area (Å²) in [5, 5.41) is 5.99. The van der Waals surface area contributed by atoms with Gasteiger partial charge in [0.05, 0.1) is 16.9 Å². The predicted molar refractivity (Wildman–Crippen MR) is 155 cm³/mol. The molecule has 1 amide bonds. The van der Waals surface area contributed by atoms with Gasteiger partial charge in [0.2, 0.25) is 0 Å². The summed E-state index contributed by atoms with van der Waals surface area (Å²) in [7, 11) is 1.50. The molecule has 0 bridgehead atoms. The molecular weight excluding hydrogens is 616 g/mol. The number of aryl methyl sites for hydroxylation is 1. The molecule has 0 aliphatic heterocycles. The van der Waals surface area contributed by atoms with Gasteiger partial charge in [0.15, 0.2) is 0 Å². The molecule has 6 rings (SSSR count). The fraction of sp³-hybridized carbons (Fsp3) is 0.286. The number of anilines is 2. The Kier molecular flexibility index (Phi) is 6.20. The smallest absolute Gasteiger partial charge is 0.336 e. The second-order valence-electron chi connectivity index (χ2n) is 10.1. The number of rotatable bonds is 6. The van der Waals surface area contributed by atoms with Crippen LogP contribution in [0.4, 0.5) is 15.9 Å². The minimum Gasteiger partial charge on any atom is -0.349 e. The Hall–Kier alpha value is -3.74. The third-order valence-electron chi connectivity index (χ3n) is 7.22. The quantitative estimate of drug-likeness (QED) is 0.311. The maximum atomic E-state index is 14.9. The first-order valence-corrected chi connectivity index (χ1v) is 13.8. The Morgan fingerprint density at radius 1 is 1.03 bits per heavy atom. The van der Waals surface area contributed by atoms with E-state index < -0.39 is 22.6 Å². The van der Waals surface area contributed by atoms with Crippen LogP contribution in [0.15, 0.2) is 56.8 Å². The average molecular weight is 641 g/mol. The van der Waals surface area contributed by atoms with Gasteiger partial charge in [-0.3, -0.25) is 28.1 Å². The Morgan fingerprint density at radius 2 is 1.77 bits per heavy atom. The van der Waals surface area contributed by atoms with E-state index in [1.165, 1.54) is 32.9 Å². The Labute approximate surface area is 235 Å². The van der Waals surface area contributed by atoms with Crippen LogP contribution < -0.4 is 27.4 Å². The highest BCUT2D eigenvalue weighted by atomic mass is 127. The van der Waals surface area contributed by atoms with Gasteiger partial charge in [-0.25, -0.2) is 9.18 Å². The van der Waals surface area contributed by atoms with Crippen LogP contribution in [-0.4, -0.2) is 25.7 Å². The number of nitrogens with one attached hydrogen (secondary N) is 2. The van der Waals surface area contributed by atoms with Crippen molar-refractivity contribution in [1.82, 2.24) is 19.0 Å². The van der Waals surface area contributed by atoms with Crippen molar-refractivity contribution >= 4 is 50.9 Å². The zero-order valence-electron chi connectivity index (χ0n) is 21.3. The Bertz CT molecular complexity index is 1870. The Morgan fingerprint density at radius 3 is 2.44 bits per heavy atom. The lowest BCUT2D eigenvalue weighted by molar-refractivity contribution is 0.0951. The second kappa shape index (κ2) is 9.47. The lowest BCUT2D eigenvalue weighted by Crippen LogP contribution is -2.41. The summed E-state index contributed by atoms with van der Waals surface area (Å²) in [6, 6.07) is 11.0. The molecule has 200 valence electrons. The summed E-state index contributed by atoms with van der Waals surface area (Å²) in [5.41, 5.74) is -0.472. The van der Waals surface area contributed by atoms with Gasteiger partial charge in [0.25, 0.3) is 17.0 Å². The summed E-state index contributed by atoms with van der Waals surface area (Å²) in [4.78, 5) is 54.0. The number of carbonyl (C=O) groups is 1. The molecule has 2 aliphatic rings. The summed E-state index contributed by atoms with van der Waals surface area (Å²) in [6.45, 7) is 1.56. The van der Waals surface area contributed by atoms with Gasteiger partial charge < -0.3 is 10.6 Å². The van der Waals surface area contributed by atoms with E-state index in [0.29, 0.717) is 27.7 Å². The maximum Gasteiger partial charge on any atom is 0.336 e. The van der Waals surface area contributed by atoms with E-state index in [1.807, 2.05) is 22.6 Å². The second-order valence-corrected chi connectivity index (χ2v) is 11.4. The summed E-state index contributed by atoms with van der Waals surface area (Å²) in [6.07, 6.45) is 3.20. The topological polar surface area (TPSA) is 107 Å². The van der Waals surface area contributed by atoms with E-state index in [-0.39, 0.29) is 46.0 Å². The number of fused-ring (bicyclic) bond motifs is 1. The van der Waals surface area contributed by atoms with Crippen LogP contribution in [0.3, 0.4) is 0 Å². The lowest BCUT2D eigenvalue weighted by Gasteiger charge is -2.21. The molecule has 11 heteroatoms. The lowest BCUT2D eigenvalue weighted by atomic mass is 10.1. The first kappa shape index (κ1) is 25.5. The molecule has 2 aromatic heterocycles. The molecule has 2 fully saturated rings. The molecule has 2 heterocycles. The van der Waals surface area contributed by atoms with Crippen molar-refractivity contribution in [3.63, 3.8) is 0 Å². The van der Waals surface area contributed by atoms with Gasteiger partial charge in [0.1, 0.15) is 17.0 Å². The molecule has 0 spiro atoms. The third kappa shape index (κ3) is 4.48. The standard InChI is InChI=1S/C28H25FIN5O4/c1-14-23-22(24(33(2)26(14)37)32-21-11-6-16(30)13-20(21)29)27(38)35(18-9-10-18)28(39)34(23)19-5-3-4-15(12-19)25(36)31-17-7-8-17/h3-6,11-13,17-18,32H,7-10H2,1-2H3,(H,31,36). The van der Waals surface area contributed by atoms with Crippen molar-refractivity contribution in [2.24, 2.45) is 7.05 Å². The van der Waals surface area contributed by atoms with Crippen LogP contribution in [0.2, 0.25) is 0 Å². The first-order chi connectivity index (χ1) is 18.7. The molecule has 2 saturated carbocycles. The normalized spacial score (nSPS) is 15.0. The highest BCUT2D eigenvalue weighted by molar-refractivity contribution is 14.1. The number of pyridine rings is 1. The molecule has 2 aliphatic carbocycles. The predicted octanol–water partition coefficient (Wildman–Crippen LogP) is 3.87. The molecule has 0 radical (unpaired) electrons.